The van der Waals surface area contributed by atoms with Gasteiger partial charge in [-0.05, 0) is 38.0 Å². The van der Waals surface area contributed by atoms with Crippen molar-refractivity contribution in [3.8, 4) is 6.07 Å². The van der Waals surface area contributed by atoms with Crippen molar-refractivity contribution in [2.24, 2.45) is 0 Å². The summed E-state index contributed by atoms with van der Waals surface area (Å²) in [5.74, 6) is 0. The summed E-state index contributed by atoms with van der Waals surface area (Å²) in [5, 5.41) is 12.4. The number of ether oxygens (including phenoxy) is 1. The molecule has 3 atom stereocenters. The molecule has 3 nitrogen and oxygen atoms in total. The molecule has 1 N–H and O–H groups in total. The first kappa shape index (κ1) is 12.4. The number of rotatable bonds is 3. The highest BCUT2D eigenvalue weighted by Gasteiger charge is 2.29. The summed E-state index contributed by atoms with van der Waals surface area (Å²) in [6, 6.07) is 9.81. The van der Waals surface area contributed by atoms with Crippen LogP contribution in [0.25, 0.3) is 0 Å². The van der Waals surface area contributed by atoms with E-state index in [-0.39, 0.29) is 18.2 Å². The van der Waals surface area contributed by atoms with Gasteiger partial charge >= 0.3 is 0 Å². The molecule has 1 aromatic rings. The number of nitriles is 1. The summed E-state index contributed by atoms with van der Waals surface area (Å²) in [5.41, 5.74) is 0.939. The van der Waals surface area contributed by atoms with E-state index in [4.69, 9.17) is 4.74 Å². The van der Waals surface area contributed by atoms with Crippen LogP contribution < -0.4 is 5.32 Å². The molecule has 0 aromatic heterocycles. The molecule has 1 aromatic carbocycles. The summed E-state index contributed by atoms with van der Waals surface area (Å²) in [4.78, 5) is 0. The van der Waals surface area contributed by atoms with E-state index >= 15 is 0 Å². The molecule has 2 rings (SSSR count). The molecule has 0 bridgehead atoms. The van der Waals surface area contributed by atoms with E-state index in [2.05, 4.69) is 27.3 Å². The third-order valence-electron chi connectivity index (χ3n) is 2.92. The Kier molecular flexibility index (Phi) is 4.03. The summed E-state index contributed by atoms with van der Waals surface area (Å²) in [7, 11) is 0. The highest BCUT2D eigenvalue weighted by Crippen LogP contribution is 2.24. The van der Waals surface area contributed by atoms with E-state index in [0.717, 1.165) is 23.0 Å². The Morgan fingerprint density at radius 2 is 2.35 bits per heavy atom. The largest absolute Gasteiger partial charge is 0.372 e. The maximum atomic E-state index is 9.20. The van der Waals surface area contributed by atoms with Gasteiger partial charge in [-0.3, -0.25) is 0 Å². The predicted molar refractivity (Wildman–Crippen MR) is 70.7 cm³/mol. The van der Waals surface area contributed by atoms with Gasteiger partial charge in [0.15, 0.2) is 0 Å². The van der Waals surface area contributed by atoms with Crippen molar-refractivity contribution in [3.05, 3.63) is 28.7 Å². The number of hydrogen-bond donors (Lipinski definition) is 1. The van der Waals surface area contributed by atoms with E-state index in [1.807, 2.05) is 31.2 Å². The SMILES string of the molecule is CC1CCC(C(C#N)Nc2cccc(Br)c2)O1. The van der Waals surface area contributed by atoms with Crippen molar-refractivity contribution in [2.75, 3.05) is 5.32 Å². The first-order valence-corrected chi connectivity index (χ1v) is 6.55. The smallest absolute Gasteiger partial charge is 0.141 e. The summed E-state index contributed by atoms with van der Waals surface area (Å²) < 4.78 is 6.72. The lowest BCUT2D eigenvalue weighted by molar-refractivity contribution is 0.0534. The van der Waals surface area contributed by atoms with E-state index in [1.165, 1.54) is 0 Å². The third-order valence-corrected chi connectivity index (χ3v) is 3.42. The fourth-order valence-corrected chi connectivity index (χ4v) is 2.44. The fraction of sp³-hybridized carbons (Fsp3) is 0.462. The number of hydrogen-bond acceptors (Lipinski definition) is 3. The van der Waals surface area contributed by atoms with E-state index < -0.39 is 0 Å². The van der Waals surface area contributed by atoms with Crippen molar-refractivity contribution < 1.29 is 4.74 Å². The lowest BCUT2D eigenvalue weighted by atomic mass is 10.1. The Labute approximate surface area is 110 Å². The van der Waals surface area contributed by atoms with Gasteiger partial charge in [0.25, 0.3) is 0 Å². The lowest BCUT2D eigenvalue weighted by Gasteiger charge is -2.19. The van der Waals surface area contributed by atoms with Gasteiger partial charge in [0, 0.05) is 10.2 Å². The molecule has 0 saturated carbocycles. The van der Waals surface area contributed by atoms with Crippen LogP contribution in [-0.2, 0) is 4.74 Å². The van der Waals surface area contributed by atoms with Gasteiger partial charge in [0.2, 0.25) is 0 Å². The fourth-order valence-electron chi connectivity index (χ4n) is 2.04. The van der Waals surface area contributed by atoms with Crippen LogP contribution in [-0.4, -0.2) is 18.2 Å². The molecule has 4 heteroatoms. The molecule has 0 radical (unpaired) electrons. The maximum absolute atomic E-state index is 9.20. The molecule has 0 aliphatic carbocycles. The number of halogens is 1. The van der Waals surface area contributed by atoms with E-state index in [1.54, 1.807) is 0 Å². The zero-order valence-electron chi connectivity index (χ0n) is 9.69. The molecule has 1 heterocycles. The molecular weight excluding hydrogens is 280 g/mol. The molecule has 0 amide bonds. The Hall–Kier alpha value is -1.05. The minimum atomic E-state index is -0.283. The second-order valence-electron chi connectivity index (χ2n) is 4.32. The number of nitrogens with zero attached hydrogens (tertiary/aromatic N) is 1. The van der Waals surface area contributed by atoms with Gasteiger partial charge in [0.1, 0.15) is 6.04 Å². The number of nitrogens with one attached hydrogen (secondary N) is 1. The summed E-state index contributed by atoms with van der Waals surface area (Å²) in [6.45, 7) is 2.05. The van der Waals surface area contributed by atoms with Gasteiger partial charge in [0.05, 0.1) is 18.3 Å². The normalized spacial score (nSPS) is 25.2. The second kappa shape index (κ2) is 5.52. The van der Waals surface area contributed by atoms with Crippen molar-refractivity contribution >= 4 is 21.6 Å². The van der Waals surface area contributed by atoms with Crippen LogP contribution in [0, 0.1) is 11.3 Å². The maximum Gasteiger partial charge on any atom is 0.141 e. The topological polar surface area (TPSA) is 45.0 Å². The standard InChI is InChI=1S/C13H15BrN2O/c1-9-5-6-13(17-9)12(8-15)16-11-4-2-3-10(14)7-11/h2-4,7,9,12-13,16H,5-6H2,1H3. The van der Waals surface area contributed by atoms with Crippen LogP contribution in [0.4, 0.5) is 5.69 Å². The average molecular weight is 295 g/mol. The number of benzene rings is 1. The van der Waals surface area contributed by atoms with Crippen LogP contribution in [0.5, 0.6) is 0 Å². The Bertz CT molecular complexity index is 430. The molecule has 1 saturated heterocycles. The molecule has 1 aliphatic heterocycles. The highest BCUT2D eigenvalue weighted by atomic mass is 79.9. The van der Waals surface area contributed by atoms with E-state index in [0.29, 0.717) is 0 Å². The molecule has 3 unspecified atom stereocenters. The first-order valence-electron chi connectivity index (χ1n) is 5.76. The number of anilines is 1. The van der Waals surface area contributed by atoms with E-state index in [9.17, 15) is 5.26 Å². The monoisotopic (exact) mass is 294 g/mol. The van der Waals surface area contributed by atoms with Crippen LogP contribution in [0.2, 0.25) is 0 Å². The minimum absolute atomic E-state index is 0.00557. The zero-order valence-corrected chi connectivity index (χ0v) is 11.3. The van der Waals surface area contributed by atoms with Crippen LogP contribution in [0.1, 0.15) is 19.8 Å². The molecule has 17 heavy (non-hydrogen) atoms. The molecular formula is C13H15BrN2O. The molecule has 1 fully saturated rings. The quantitative estimate of drug-likeness (QED) is 0.930. The van der Waals surface area contributed by atoms with Crippen LogP contribution in [0.3, 0.4) is 0 Å². The van der Waals surface area contributed by atoms with Gasteiger partial charge in [-0.25, -0.2) is 0 Å². The summed E-state index contributed by atoms with van der Waals surface area (Å²) >= 11 is 3.41. The third kappa shape index (κ3) is 3.21. The Balaban J connectivity index is 2.03. The Morgan fingerprint density at radius 3 is 2.94 bits per heavy atom. The van der Waals surface area contributed by atoms with Gasteiger partial charge in [-0.15, -0.1) is 0 Å². The van der Waals surface area contributed by atoms with Crippen LogP contribution >= 0.6 is 15.9 Å². The van der Waals surface area contributed by atoms with Crippen molar-refractivity contribution in [2.45, 2.75) is 38.0 Å². The predicted octanol–water partition coefficient (Wildman–Crippen LogP) is 3.32. The lowest BCUT2D eigenvalue weighted by Crippen LogP contribution is -2.32. The van der Waals surface area contributed by atoms with Crippen molar-refractivity contribution in [1.82, 2.24) is 0 Å². The zero-order chi connectivity index (χ0) is 12.3. The highest BCUT2D eigenvalue weighted by molar-refractivity contribution is 9.10. The minimum Gasteiger partial charge on any atom is -0.372 e. The van der Waals surface area contributed by atoms with Gasteiger partial charge in [-0.1, -0.05) is 22.0 Å². The molecule has 90 valence electrons. The molecule has 1 aliphatic rings. The van der Waals surface area contributed by atoms with Gasteiger partial charge in [-0.2, -0.15) is 5.26 Å². The second-order valence-corrected chi connectivity index (χ2v) is 5.24. The van der Waals surface area contributed by atoms with Crippen molar-refractivity contribution in [3.63, 3.8) is 0 Å². The first-order chi connectivity index (χ1) is 8.19. The Morgan fingerprint density at radius 1 is 1.53 bits per heavy atom. The van der Waals surface area contributed by atoms with Crippen LogP contribution in [0.15, 0.2) is 28.7 Å². The summed E-state index contributed by atoms with van der Waals surface area (Å²) in [6.07, 6.45) is 2.23. The van der Waals surface area contributed by atoms with Gasteiger partial charge < -0.3 is 10.1 Å². The average Bonchev–Trinajstić information content (AvgIpc) is 2.73. The van der Waals surface area contributed by atoms with Crippen molar-refractivity contribution in [1.29, 1.82) is 5.26 Å². The molecule has 0 spiro atoms.